The molecule has 5 nitrogen and oxygen atoms in total. The van der Waals surface area contributed by atoms with Crippen molar-refractivity contribution in [1.29, 1.82) is 0 Å². The third kappa shape index (κ3) is 2.56. The molecule has 0 radical (unpaired) electrons. The number of fused-ring (bicyclic) bond motifs is 1. The van der Waals surface area contributed by atoms with Gasteiger partial charge in [0.1, 0.15) is 11.5 Å². The maximum absolute atomic E-state index is 11.6. The molecule has 22 heavy (non-hydrogen) atoms. The third-order valence-electron chi connectivity index (χ3n) is 3.33. The van der Waals surface area contributed by atoms with Crippen molar-refractivity contribution < 1.29 is 14.6 Å². The van der Waals surface area contributed by atoms with Crippen LogP contribution >= 0.6 is 0 Å². The molecular formula is C17H13NO4. The van der Waals surface area contributed by atoms with E-state index in [4.69, 9.17) is 4.42 Å². The first kappa shape index (κ1) is 13.9. The van der Waals surface area contributed by atoms with E-state index < -0.39 is 5.63 Å². The van der Waals surface area contributed by atoms with E-state index in [9.17, 15) is 15.0 Å². The van der Waals surface area contributed by atoms with Crippen molar-refractivity contribution in [2.24, 2.45) is 4.99 Å². The van der Waals surface area contributed by atoms with Gasteiger partial charge in [-0.1, -0.05) is 0 Å². The smallest absolute Gasteiger partial charge is 0.336 e. The zero-order chi connectivity index (χ0) is 15.7. The van der Waals surface area contributed by atoms with E-state index >= 15 is 0 Å². The Balaban J connectivity index is 2.15. The van der Waals surface area contributed by atoms with Gasteiger partial charge in [-0.05, 0) is 48.9 Å². The summed E-state index contributed by atoms with van der Waals surface area (Å²) in [7, 11) is 0. The minimum atomic E-state index is -0.477. The van der Waals surface area contributed by atoms with Crippen LogP contribution in [0.25, 0.3) is 11.0 Å². The van der Waals surface area contributed by atoms with Crippen LogP contribution in [0, 0.1) is 6.92 Å². The summed E-state index contributed by atoms with van der Waals surface area (Å²) in [4.78, 5) is 15.8. The van der Waals surface area contributed by atoms with Gasteiger partial charge in [-0.2, -0.15) is 0 Å². The van der Waals surface area contributed by atoms with Gasteiger partial charge in [-0.15, -0.1) is 0 Å². The summed E-state index contributed by atoms with van der Waals surface area (Å²) in [6.45, 7) is 1.80. The first-order valence-electron chi connectivity index (χ1n) is 6.64. The van der Waals surface area contributed by atoms with Crippen molar-refractivity contribution in [2.75, 3.05) is 0 Å². The van der Waals surface area contributed by atoms with Crippen molar-refractivity contribution in [3.63, 3.8) is 0 Å². The Morgan fingerprint density at radius 2 is 1.82 bits per heavy atom. The molecule has 2 N–H and O–H groups in total. The number of benzene rings is 2. The molecule has 0 amide bonds. The monoisotopic (exact) mass is 295 g/mol. The highest BCUT2D eigenvalue weighted by Crippen LogP contribution is 2.27. The number of aryl methyl sites for hydroxylation is 1. The molecule has 0 spiro atoms. The average molecular weight is 295 g/mol. The molecule has 3 aromatic rings. The van der Waals surface area contributed by atoms with Gasteiger partial charge in [-0.3, -0.25) is 4.99 Å². The molecule has 0 aliphatic heterocycles. The van der Waals surface area contributed by atoms with E-state index in [-0.39, 0.29) is 11.5 Å². The summed E-state index contributed by atoms with van der Waals surface area (Å²) >= 11 is 0. The lowest BCUT2D eigenvalue weighted by Gasteiger charge is -2.05. The van der Waals surface area contributed by atoms with Crippen molar-refractivity contribution in [2.45, 2.75) is 6.92 Å². The summed E-state index contributed by atoms with van der Waals surface area (Å²) in [6, 6.07) is 10.9. The van der Waals surface area contributed by atoms with Gasteiger partial charge in [-0.25, -0.2) is 4.79 Å². The van der Waals surface area contributed by atoms with Crippen LogP contribution in [-0.4, -0.2) is 16.4 Å². The summed E-state index contributed by atoms with van der Waals surface area (Å²) in [5.41, 5.74) is 1.53. The minimum Gasteiger partial charge on any atom is -0.508 e. The van der Waals surface area contributed by atoms with Gasteiger partial charge in [0, 0.05) is 17.7 Å². The lowest BCUT2D eigenvalue weighted by molar-refractivity contribution is 0.472. The summed E-state index contributed by atoms with van der Waals surface area (Å²) in [5, 5.41) is 20.0. The van der Waals surface area contributed by atoms with Crippen molar-refractivity contribution in [3.05, 3.63) is 64.0 Å². The van der Waals surface area contributed by atoms with Crippen molar-refractivity contribution >= 4 is 22.9 Å². The molecule has 0 bridgehead atoms. The van der Waals surface area contributed by atoms with Crippen LogP contribution in [0.15, 0.2) is 56.7 Å². The molecule has 0 saturated carbocycles. The highest BCUT2D eigenvalue weighted by Gasteiger charge is 2.10. The number of rotatable bonds is 2. The topological polar surface area (TPSA) is 83.0 Å². The first-order valence-corrected chi connectivity index (χ1v) is 6.64. The van der Waals surface area contributed by atoms with Gasteiger partial charge in [0.2, 0.25) is 0 Å². The first-order chi connectivity index (χ1) is 10.5. The van der Waals surface area contributed by atoms with Crippen molar-refractivity contribution in [3.8, 4) is 11.5 Å². The predicted molar refractivity (Wildman–Crippen MR) is 84.2 cm³/mol. The second-order valence-electron chi connectivity index (χ2n) is 4.90. The molecule has 0 unspecified atom stereocenters. The molecule has 0 fully saturated rings. The second kappa shape index (κ2) is 5.37. The molecule has 1 heterocycles. The SMILES string of the molecule is Cc1cc(=O)oc2c(C=Nc3ccc(O)cc3)c(O)ccc12. The number of aliphatic imine (C=N–C) groups is 1. The number of phenolic OH excluding ortho intramolecular Hbond substituents is 2. The van der Waals surface area contributed by atoms with Crippen molar-refractivity contribution in [1.82, 2.24) is 0 Å². The van der Waals surface area contributed by atoms with E-state index in [2.05, 4.69) is 4.99 Å². The van der Waals surface area contributed by atoms with E-state index in [1.165, 1.54) is 30.5 Å². The molecular weight excluding hydrogens is 282 g/mol. The fourth-order valence-electron chi connectivity index (χ4n) is 2.20. The highest BCUT2D eigenvalue weighted by molar-refractivity contribution is 6.00. The number of aromatic hydroxyl groups is 2. The van der Waals surface area contributed by atoms with Gasteiger partial charge in [0.25, 0.3) is 0 Å². The van der Waals surface area contributed by atoms with Gasteiger partial charge < -0.3 is 14.6 Å². The lowest BCUT2D eigenvalue weighted by atomic mass is 10.1. The fourth-order valence-corrected chi connectivity index (χ4v) is 2.20. The van der Waals surface area contributed by atoms with Crippen LogP contribution < -0.4 is 5.63 Å². The third-order valence-corrected chi connectivity index (χ3v) is 3.33. The Kier molecular flexibility index (Phi) is 3.39. The number of hydrogen-bond donors (Lipinski definition) is 2. The maximum atomic E-state index is 11.6. The molecule has 0 saturated heterocycles. The summed E-state index contributed by atoms with van der Waals surface area (Å²) < 4.78 is 5.22. The molecule has 0 aliphatic rings. The standard InChI is InChI=1S/C17H13NO4/c1-10-8-16(21)22-17-13(10)6-7-15(20)14(17)9-18-11-2-4-12(19)5-3-11/h2-9,19-20H,1H3. The lowest BCUT2D eigenvalue weighted by Crippen LogP contribution is -2.00. The summed E-state index contributed by atoms with van der Waals surface area (Å²) in [6.07, 6.45) is 1.44. The Bertz CT molecular complexity index is 924. The molecule has 110 valence electrons. The molecule has 0 aliphatic carbocycles. The van der Waals surface area contributed by atoms with Gasteiger partial charge >= 0.3 is 5.63 Å². The Labute approximate surface area is 125 Å². The van der Waals surface area contributed by atoms with E-state index in [0.29, 0.717) is 16.8 Å². The molecule has 2 aromatic carbocycles. The van der Waals surface area contributed by atoms with Crippen LogP contribution in [0.1, 0.15) is 11.1 Å². The Morgan fingerprint density at radius 3 is 2.55 bits per heavy atom. The highest BCUT2D eigenvalue weighted by atomic mass is 16.4. The Morgan fingerprint density at radius 1 is 1.09 bits per heavy atom. The summed E-state index contributed by atoms with van der Waals surface area (Å²) in [5.74, 6) is 0.123. The van der Waals surface area contributed by atoms with Crippen LogP contribution in [0.4, 0.5) is 5.69 Å². The normalized spacial score (nSPS) is 11.3. The van der Waals surface area contributed by atoms with Crippen LogP contribution in [0.2, 0.25) is 0 Å². The molecule has 0 atom stereocenters. The largest absolute Gasteiger partial charge is 0.508 e. The fraction of sp³-hybridized carbons (Fsp3) is 0.0588. The maximum Gasteiger partial charge on any atom is 0.336 e. The molecule has 1 aromatic heterocycles. The van der Waals surface area contributed by atoms with Crippen LogP contribution in [0.5, 0.6) is 11.5 Å². The number of nitrogens with zero attached hydrogens (tertiary/aromatic N) is 1. The second-order valence-corrected chi connectivity index (χ2v) is 4.90. The number of phenols is 2. The zero-order valence-corrected chi connectivity index (χ0v) is 11.8. The molecule has 5 heteroatoms. The van der Waals surface area contributed by atoms with Crippen LogP contribution in [0.3, 0.4) is 0 Å². The quantitative estimate of drug-likeness (QED) is 0.561. The predicted octanol–water partition coefficient (Wildman–Crippen LogP) is 3.26. The van der Waals surface area contributed by atoms with E-state index in [1.807, 2.05) is 0 Å². The Hall–Kier alpha value is -3.08. The minimum absolute atomic E-state index is 0.0243. The van der Waals surface area contributed by atoms with Gasteiger partial charge in [0.15, 0.2) is 5.58 Å². The molecule has 3 rings (SSSR count). The van der Waals surface area contributed by atoms with E-state index in [1.54, 1.807) is 25.1 Å². The van der Waals surface area contributed by atoms with Crippen LogP contribution in [-0.2, 0) is 0 Å². The zero-order valence-electron chi connectivity index (χ0n) is 11.8. The average Bonchev–Trinajstić information content (AvgIpc) is 2.47. The van der Waals surface area contributed by atoms with Gasteiger partial charge in [0.05, 0.1) is 11.3 Å². The number of hydrogen-bond acceptors (Lipinski definition) is 5. The van der Waals surface area contributed by atoms with E-state index in [0.717, 1.165) is 10.9 Å².